The van der Waals surface area contributed by atoms with E-state index < -0.39 is 5.60 Å². The van der Waals surface area contributed by atoms with E-state index in [2.05, 4.69) is 32.1 Å². The highest BCUT2D eigenvalue weighted by Crippen LogP contribution is 2.28. The summed E-state index contributed by atoms with van der Waals surface area (Å²) in [6, 6.07) is 0. The Balaban J connectivity index is 2.05. The largest absolute Gasteiger partial charge is 0.385 e. The molecule has 1 aliphatic rings. The van der Waals surface area contributed by atoms with Crippen molar-refractivity contribution in [3.8, 4) is 0 Å². The van der Waals surface area contributed by atoms with E-state index in [-0.39, 0.29) is 0 Å². The van der Waals surface area contributed by atoms with Gasteiger partial charge in [-0.1, -0.05) is 121 Å². The van der Waals surface area contributed by atoms with Gasteiger partial charge >= 0.3 is 0 Å². The van der Waals surface area contributed by atoms with E-state index in [1.807, 2.05) is 0 Å². The average Bonchev–Trinajstić information content (AvgIpc) is 2.62. The molecule has 1 N–H and O–H groups in total. The molecule has 0 aromatic heterocycles. The predicted octanol–water partition coefficient (Wildman–Crippen LogP) is 7.89. The molecule has 0 fully saturated rings. The molecule has 146 valence electrons. The maximum Gasteiger partial charge on any atom is 0.0865 e. The molecule has 1 aliphatic carbocycles. The first kappa shape index (κ1) is 22.5. The van der Waals surface area contributed by atoms with Crippen LogP contribution >= 0.6 is 0 Å². The molecular weight excluding hydrogens is 304 g/mol. The summed E-state index contributed by atoms with van der Waals surface area (Å²) in [7, 11) is 0. The third-order valence-electron chi connectivity index (χ3n) is 5.61. The van der Waals surface area contributed by atoms with E-state index in [1.165, 1.54) is 95.5 Å². The van der Waals surface area contributed by atoms with Gasteiger partial charge in [0.25, 0.3) is 0 Å². The summed E-state index contributed by atoms with van der Waals surface area (Å²) in [5, 5.41) is 10.7. The van der Waals surface area contributed by atoms with E-state index in [1.54, 1.807) is 0 Å². The number of aliphatic hydroxyl groups is 1. The van der Waals surface area contributed by atoms with Crippen molar-refractivity contribution < 1.29 is 5.11 Å². The van der Waals surface area contributed by atoms with Crippen molar-refractivity contribution in [2.24, 2.45) is 0 Å². The van der Waals surface area contributed by atoms with Gasteiger partial charge in [0.1, 0.15) is 0 Å². The van der Waals surface area contributed by atoms with Crippen molar-refractivity contribution in [2.45, 2.75) is 129 Å². The number of rotatable bonds is 16. The molecular formula is C24H44O. The molecule has 1 nitrogen and oxygen atoms in total. The molecule has 1 rings (SSSR count). The SMILES string of the molecule is CCCCCCCCCC1=CCC(O)(CCCCCCCCC)C=C1. The minimum Gasteiger partial charge on any atom is -0.385 e. The van der Waals surface area contributed by atoms with Gasteiger partial charge in [0.05, 0.1) is 5.60 Å². The maximum absolute atomic E-state index is 10.7. The standard InChI is InChI=1S/C24H44O/c1-3-5-7-9-11-13-15-17-23-18-21-24(25,22-19-23)20-16-14-12-10-8-6-4-2/h18-19,21,25H,3-17,20,22H2,1-2H3. The predicted molar refractivity (Wildman–Crippen MR) is 112 cm³/mol. The number of hydrogen-bond acceptors (Lipinski definition) is 1. The summed E-state index contributed by atoms with van der Waals surface area (Å²) in [5.41, 5.74) is 0.880. The van der Waals surface area contributed by atoms with Crippen LogP contribution < -0.4 is 0 Å². The Morgan fingerprint density at radius 1 is 0.760 bits per heavy atom. The average molecular weight is 349 g/mol. The van der Waals surface area contributed by atoms with Crippen LogP contribution in [0, 0.1) is 0 Å². The second-order valence-corrected chi connectivity index (χ2v) is 8.16. The van der Waals surface area contributed by atoms with Crippen LogP contribution in [0.3, 0.4) is 0 Å². The smallest absolute Gasteiger partial charge is 0.0865 e. The van der Waals surface area contributed by atoms with Crippen molar-refractivity contribution in [3.05, 3.63) is 23.8 Å². The van der Waals surface area contributed by atoms with Gasteiger partial charge in [0.15, 0.2) is 0 Å². The van der Waals surface area contributed by atoms with Gasteiger partial charge < -0.3 is 5.11 Å². The van der Waals surface area contributed by atoms with Crippen LogP contribution in [0.4, 0.5) is 0 Å². The van der Waals surface area contributed by atoms with E-state index in [0.29, 0.717) is 0 Å². The quantitative estimate of drug-likeness (QED) is 0.281. The van der Waals surface area contributed by atoms with Crippen molar-refractivity contribution in [1.29, 1.82) is 0 Å². The fourth-order valence-electron chi connectivity index (χ4n) is 3.75. The molecule has 25 heavy (non-hydrogen) atoms. The molecule has 0 amide bonds. The van der Waals surface area contributed by atoms with Gasteiger partial charge in [-0.15, -0.1) is 0 Å². The van der Waals surface area contributed by atoms with E-state index in [4.69, 9.17) is 0 Å². The normalized spacial score (nSPS) is 20.0. The van der Waals surface area contributed by atoms with Crippen molar-refractivity contribution >= 4 is 0 Å². The highest BCUT2D eigenvalue weighted by Gasteiger charge is 2.24. The summed E-state index contributed by atoms with van der Waals surface area (Å²) in [6.45, 7) is 4.54. The fraction of sp³-hybridized carbons (Fsp3) is 0.833. The zero-order chi connectivity index (χ0) is 18.2. The van der Waals surface area contributed by atoms with E-state index in [9.17, 15) is 5.11 Å². The van der Waals surface area contributed by atoms with Gasteiger partial charge in [-0.2, -0.15) is 0 Å². The lowest BCUT2D eigenvalue weighted by molar-refractivity contribution is 0.0798. The van der Waals surface area contributed by atoms with Crippen molar-refractivity contribution in [2.75, 3.05) is 0 Å². The fourth-order valence-corrected chi connectivity index (χ4v) is 3.75. The number of unbranched alkanes of at least 4 members (excludes halogenated alkanes) is 12. The molecule has 0 spiro atoms. The lowest BCUT2D eigenvalue weighted by atomic mass is 9.86. The Labute approximate surface area is 158 Å². The van der Waals surface area contributed by atoms with Crippen molar-refractivity contribution in [1.82, 2.24) is 0 Å². The molecule has 0 saturated carbocycles. The van der Waals surface area contributed by atoms with Crippen LogP contribution in [-0.2, 0) is 0 Å². The van der Waals surface area contributed by atoms with Gasteiger partial charge in [0.2, 0.25) is 0 Å². The Bertz CT molecular complexity index is 368. The highest BCUT2D eigenvalue weighted by atomic mass is 16.3. The zero-order valence-corrected chi connectivity index (χ0v) is 17.2. The first-order chi connectivity index (χ1) is 12.2. The van der Waals surface area contributed by atoms with Crippen LogP contribution in [0.2, 0.25) is 0 Å². The Kier molecular flexibility index (Phi) is 13.1. The second-order valence-electron chi connectivity index (χ2n) is 8.16. The highest BCUT2D eigenvalue weighted by molar-refractivity contribution is 5.27. The van der Waals surface area contributed by atoms with Gasteiger partial charge in [0, 0.05) is 0 Å². The summed E-state index contributed by atoms with van der Waals surface area (Å²) < 4.78 is 0. The summed E-state index contributed by atoms with van der Waals surface area (Å²) >= 11 is 0. The van der Waals surface area contributed by atoms with Crippen LogP contribution in [-0.4, -0.2) is 10.7 Å². The number of allylic oxidation sites excluding steroid dienone is 2. The van der Waals surface area contributed by atoms with Gasteiger partial charge in [-0.25, -0.2) is 0 Å². The molecule has 0 aromatic rings. The van der Waals surface area contributed by atoms with E-state index >= 15 is 0 Å². The monoisotopic (exact) mass is 348 g/mol. The topological polar surface area (TPSA) is 20.2 Å². The lowest BCUT2D eigenvalue weighted by Gasteiger charge is -2.26. The molecule has 0 aromatic carbocycles. The van der Waals surface area contributed by atoms with Crippen LogP contribution in [0.5, 0.6) is 0 Å². The molecule has 1 heteroatoms. The Hall–Kier alpha value is -0.560. The van der Waals surface area contributed by atoms with Crippen LogP contribution in [0.25, 0.3) is 0 Å². The lowest BCUT2D eigenvalue weighted by Crippen LogP contribution is -2.26. The summed E-state index contributed by atoms with van der Waals surface area (Å²) in [6.07, 6.45) is 28.3. The van der Waals surface area contributed by atoms with E-state index in [0.717, 1.165) is 19.3 Å². The molecule has 0 heterocycles. The third kappa shape index (κ3) is 11.6. The Morgan fingerprint density at radius 3 is 1.80 bits per heavy atom. The zero-order valence-electron chi connectivity index (χ0n) is 17.2. The third-order valence-corrected chi connectivity index (χ3v) is 5.61. The molecule has 0 aliphatic heterocycles. The minimum absolute atomic E-state index is 0.562. The second kappa shape index (κ2) is 14.6. The number of hydrogen-bond donors (Lipinski definition) is 1. The summed E-state index contributed by atoms with van der Waals surface area (Å²) in [5.74, 6) is 0. The maximum atomic E-state index is 10.7. The summed E-state index contributed by atoms with van der Waals surface area (Å²) in [4.78, 5) is 0. The minimum atomic E-state index is -0.562. The first-order valence-electron chi connectivity index (χ1n) is 11.3. The molecule has 0 saturated heterocycles. The first-order valence-corrected chi connectivity index (χ1v) is 11.3. The van der Waals surface area contributed by atoms with Crippen LogP contribution in [0.15, 0.2) is 23.8 Å². The molecule has 1 unspecified atom stereocenters. The molecule has 0 radical (unpaired) electrons. The van der Waals surface area contributed by atoms with Gasteiger partial charge in [-0.3, -0.25) is 0 Å². The van der Waals surface area contributed by atoms with Crippen LogP contribution in [0.1, 0.15) is 123 Å². The van der Waals surface area contributed by atoms with Gasteiger partial charge in [-0.05, 0) is 25.7 Å². The Morgan fingerprint density at radius 2 is 1.28 bits per heavy atom. The molecule has 0 bridgehead atoms. The van der Waals surface area contributed by atoms with Crippen molar-refractivity contribution in [3.63, 3.8) is 0 Å². The molecule has 1 atom stereocenters.